The second-order valence-electron chi connectivity index (χ2n) is 4.30. The van der Waals surface area contributed by atoms with Crippen LogP contribution in [0.4, 0.5) is 10.1 Å². The number of thiophene rings is 1. The van der Waals surface area contributed by atoms with Gasteiger partial charge in [0, 0.05) is 5.69 Å². The number of esters is 1. The summed E-state index contributed by atoms with van der Waals surface area (Å²) in [5.41, 5.74) is 5.66. The van der Waals surface area contributed by atoms with Gasteiger partial charge in [0.25, 0.3) is 5.89 Å². The molecule has 0 aliphatic carbocycles. The van der Waals surface area contributed by atoms with Crippen LogP contribution < -0.4 is 5.73 Å². The van der Waals surface area contributed by atoms with Gasteiger partial charge >= 0.3 is 5.97 Å². The lowest BCUT2D eigenvalue weighted by Gasteiger charge is -2.04. The largest absolute Gasteiger partial charge is 0.452 e. The number of nitrogens with two attached hydrogens (primary N) is 1. The Kier molecular flexibility index (Phi) is 3.84. The van der Waals surface area contributed by atoms with Gasteiger partial charge in [0.05, 0.1) is 10.4 Å². The van der Waals surface area contributed by atoms with Crippen LogP contribution >= 0.6 is 11.3 Å². The number of halogens is 1. The number of anilines is 1. The third-order valence-electron chi connectivity index (χ3n) is 2.77. The summed E-state index contributed by atoms with van der Waals surface area (Å²) in [5.74, 6) is -0.611. The normalized spacial score (nSPS) is 10.6. The van der Waals surface area contributed by atoms with Gasteiger partial charge in [0.2, 0.25) is 5.82 Å². The fraction of sp³-hybridized carbons (Fsp3) is 0.0714. The highest BCUT2D eigenvalue weighted by Gasteiger charge is 2.15. The van der Waals surface area contributed by atoms with E-state index in [1.54, 1.807) is 0 Å². The van der Waals surface area contributed by atoms with Gasteiger partial charge in [-0.15, -0.1) is 11.3 Å². The van der Waals surface area contributed by atoms with Gasteiger partial charge in [-0.1, -0.05) is 11.2 Å². The zero-order chi connectivity index (χ0) is 15.5. The van der Waals surface area contributed by atoms with Crippen LogP contribution in [0.15, 0.2) is 40.2 Å². The Morgan fingerprint density at radius 3 is 3.00 bits per heavy atom. The Morgan fingerprint density at radius 2 is 2.27 bits per heavy atom. The molecule has 2 aromatic heterocycles. The molecule has 0 amide bonds. The predicted octanol–water partition coefficient (Wildman–Crippen LogP) is 2.88. The van der Waals surface area contributed by atoms with Crippen molar-refractivity contribution in [1.29, 1.82) is 0 Å². The van der Waals surface area contributed by atoms with E-state index in [2.05, 4.69) is 10.1 Å². The Balaban J connectivity index is 1.66. The SMILES string of the molecule is Nc1cc(F)ccc1C(=O)OCc1nc(-c2cccs2)no1. The van der Waals surface area contributed by atoms with Crippen LogP contribution in [0.1, 0.15) is 16.2 Å². The van der Waals surface area contributed by atoms with E-state index in [-0.39, 0.29) is 23.7 Å². The number of hydrogen-bond acceptors (Lipinski definition) is 7. The molecule has 0 saturated heterocycles. The molecule has 0 atom stereocenters. The smallest absolute Gasteiger partial charge is 0.340 e. The summed E-state index contributed by atoms with van der Waals surface area (Å²) in [4.78, 5) is 16.8. The maximum absolute atomic E-state index is 12.9. The van der Waals surface area contributed by atoms with Gasteiger partial charge in [-0.25, -0.2) is 9.18 Å². The molecule has 2 heterocycles. The number of carbonyl (C=O) groups is 1. The van der Waals surface area contributed by atoms with Gasteiger partial charge in [-0.2, -0.15) is 4.98 Å². The van der Waals surface area contributed by atoms with Crippen molar-refractivity contribution in [2.45, 2.75) is 6.61 Å². The number of carbonyl (C=O) groups excluding carboxylic acids is 1. The Morgan fingerprint density at radius 1 is 1.41 bits per heavy atom. The molecule has 0 bridgehead atoms. The van der Waals surface area contributed by atoms with E-state index in [4.69, 9.17) is 15.0 Å². The van der Waals surface area contributed by atoms with E-state index >= 15 is 0 Å². The molecule has 2 N–H and O–H groups in total. The molecule has 0 radical (unpaired) electrons. The molecule has 1 aromatic carbocycles. The molecule has 3 aromatic rings. The second kappa shape index (κ2) is 5.94. The van der Waals surface area contributed by atoms with Crippen molar-refractivity contribution in [1.82, 2.24) is 10.1 Å². The molecule has 0 spiro atoms. The Labute approximate surface area is 128 Å². The fourth-order valence-electron chi connectivity index (χ4n) is 1.74. The monoisotopic (exact) mass is 319 g/mol. The lowest BCUT2D eigenvalue weighted by atomic mass is 10.2. The highest BCUT2D eigenvalue weighted by molar-refractivity contribution is 7.13. The number of nitrogens with zero attached hydrogens (tertiary/aromatic N) is 2. The minimum absolute atomic E-state index is 0.00908. The number of ether oxygens (including phenoxy) is 1. The van der Waals surface area contributed by atoms with Crippen LogP contribution in [0, 0.1) is 5.82 Å². The summed E-state index contributed by atoms with van der Waals surface area (Å²) < 4.78 is 23.0. The average Bonchev–Trinajstić information content (AvgIpc) is 3.16. The number of nitrogen functional groups attached to an aromatic ring is 1. The van der Waals surface area contributed by atoms with E-state index < -0.39 is 11.8 Å². The molecule has 0 saturated carbocycles. The average molecular weight is 319 g/mol. The molecular weight excluding hydrogens is 309 g/mol. The van der Waals surface area contributed by atoms with Crippen molar-refractivity contribution >= 4 is 23.0 Å². The van der Waals surface area contributed by atoms with Crippen LogP contribution in [0.25, 0.3) is 10.7 Å². The van der Waals surface area contributed by atoms with Crippen molar-refractivity contribution in [3.8, 4) is 10.7 Å². The van der Waals surface area contributed by atoms with Gasteiger partial charge in [0.15, 0.2) is 6.61 Å². The molecule has 0 fully saturated rings. The Bertz CT molecular complexity index is 802. The molecule has 0 aliphatic heterocycles. The second-order valence-corrected chi connectivity index (χ2v) is 5.24. The summed E-state index contributed by atoms with van der Waals surface area (Å²) in [6.07, 6.45) is 0. The Hall–Kier alpha value is -2.74. The highest BCUT2D eigenvalue weighted by atomic mass is 32.1. The van der Waals surface area contributed by atoms with Crippen LogP contribution in [0.3, 0.4) is 0 Å². The molecule has 0 unspecified atom stereocenters. The zero-order valence-electron chi connectivity index (χ0n) is 11.2. The van der Waals surface area contributed by atoms with Crippen molar-refractivity contribution in [2.75, 3.05) is 5.73 Å². The minimum atomic E-state index is -0.687. The quantitative estimate of drug-likeness (QED) is 0.587. The molecule has 22 heavy (non-hydrogen) atoms. The van der Waals surface area contributed by atoms with Gasteiger partial charge in [-0.05, 0) is 29.6 Å². The zero-order valence-corrected chi connectivity index (χ0v) is 12.0. The van der Waals surface area contributed by atoms with E-state index in [0.29, 0.717) is 5.82 Å². The van der Waals surface area contributed by atoms with Crippen molar-refractivity contribution in [3.05, 3.63) is 53.0 Å². The number of rotatable bonds is 4. The number of benzene rings is 1. The first-order valence-corrected chi connectivity index (χ1v) is 7.10. The van der Waals surface area contributed by atoms with E-state index in [0.717, 1.165) is 17.0 Å². The maximum atomic E-state index is 12.9. The molecule has 0 aliphatic rings. The first-order valence-electron chi connectivity index (χ1n) is 6.22. The first kappa shape index (κ1) is 14.2. The molecule has 8 heteroatoms. The third kappa shape index (κ3) is 2.96. The van der Waals surface area contributed by atoms with E-state index in [1.807, 2.05) is 17.5 Å². The summed E-state index contributed by atoms with van der Waals surface area (Å²) in [5, 5.41) is 5.69. The number of aromatic nitrogens is 2. The topological polar surface area (TPSA) is 91.2 Å². The first-order chi connectivity index (χ1) is 10.6. The maximum Gasteiger partial charge on any atom is 0.340 e. The third-order valence-corrected chi connectivity index (χ3v) is 3.64. The lowest BCUT2D eigenvalue weighted by molar-refractivity contribution is 0.0431. The summed E-state index contributed by atoms with van der Waals surface area (Å²) >= 11 is 1.47. The van der Waals surface area contributed by atoms with E-state index in [9.17, 15) is 9.18 Å². The van der Waals surface area contributed by atoms with Gasteiger partial charge in [-0.3, -0.25) is 0 Å². The highest BCUT2D eigenvalue weighted by Crippen LogP contribution is 2.21. The molecule has 112 valence electrons. The van der Waals surface area contributed by atoms with Crippen molar-refractivity contribution in [2.24, 2.45) is 0 Å². The van der Waals surface area contributed by atoms with Crippen LogP contribution in [0.5, 0.6) is 0 Å². The molecule has 3 rings (SSSR count). The predicted molar refractivity (Wildman–Crippen MR) is 77.5 cm³/mol. The van der Waals surface area contributed by atoms with Crippen LogP contribution in [-0.4, -0.2) is 16.1 Å². The van der Waals surface area contributed by atoms with Gasteiger partial charge in [0.1, 0.15) is 5.82 Å². The van der Waals surface area contributed by atoms with Crippen molar-refractivity contribution < 1.29 is 18.4 Å². The molecular formula is C14H10FN3O3S. The summed E-state index contributed by atoms with van der Waals surface area (Å²) in [6.45, 7) is -0.186. The molecule has 6 nitrogen and oxygen atoms in total. The fourth-order valence-corrected chi connectivity index (χ4v) is 2.39. The van der Waals surface area contributed by atoms with Crippen LogP contribution in [-0.2, 0) is 11.3 Å². The van der Waals surface area contributed by atoms with Crippen molar-refractivity contribution in [3.63, 3.8) is 0 Å². The van der Waals surface area contributed by atoms with E-state index in [1.165, 1.54) is 17.4 Å². The number of hydrogen-bond donors (Lipinski definition) is 1. The summed E-state index contributed by atoms with van der Waals surface area (Å²) in [7, 11) is 0. The lowest BCUT2D eigenvalue weighted by Crippen LogP contribution is -2.08. The van der Waals surface area contributed by atoms with Gasteiger partial charge < -0.3 is 15.0 Å². The minimum Gasteiger partial charge on any atom is -0.452 e. The summed E-state index contributed by atoms with van der Waals surface area (Å²) in [6, 6.07) is 7.17. The van der Waals surface area contributed by atoms with Crippen LogP contribution in [0.2, 0.25) is 0 Å². The standard InChI is InChI=1S/C14H10FN3O3S/c15-8-3-4-9(10(16)6-8)14(19)20-7-12-17-13(18-21-12)11-2-1-5-22-11/h1-6H,7,16H2.